The van der Waals surface area contributed by atoms with Crippen LogP contribution >= 0.6 is 0 Å². The van der Waals surface area contributed by atoms with Gasteiger partial charge in [0.2, 0.25) is 0 Å². The van der Waals surface area contributed by atoms with E-state index in [0.717, 1.165) is 68.1 Å². The number of anilines is 1. The fraction of sp³-hybridized carbons (Fsp3) is 0.550. The molecule has 0 radical (unpaired) electrons. The predicted molar refractivity (Wildman–Crippen MR) is 110 cm³/mol. The van der Waals surface area contributed by atoms with Gasteiger partial charge in [-0.1, -0.05) is 0 Å². The molecule has 0 aromatic carbocycles. The fourth-order valence-corrected chi connectivity index (χ4v) is 4.56. The molecule has 0 amide bonds. The first-order valence-corrected chi connectivity index (χ1v) is 12.0. The maximum absolute atomic E-state index is 11.4. The van der Waals surface area contributed by atoms with Crippen LogP contribution in [-0.4, -0.2) is 66.0 Å². The topological polar surface area (TPSA) is 88.1 Å². The van der Waals surface area contributed by atoms with E-state index in [1.807, 2.05) is 12.1 Å². The number of fused-ring (bicyclic) bond motifs is 1. The molecule has 4 rings (SSSR count). The van der Waals surface area contributed by atoms with E-state index < -0.39 is 9.84 Å². The van der Waals surface area contributed by atoms with Crippen molar-refractivity contribution < 1.29 is 8.42 Å². The minimum atomic E-state index is -2.90. The molecular formula is C20H27N5O2S. The molecule has 0 spiro atoms. The van der Waals surface area contributed by atoms with Gasteiger partial charge >= 0.3 is 0 Å². The third-order valence-corrected chi connectivity index (χ3v) is 6.50. The Morgan fingerprint density at radius 1 is 1.14 bits per heavy atom. The van der Waals surface area contributed by atoms with E-state index in [-0.39, 0.29) is 5.75 Å². The number of hydrogen-bond donors (Lipinski definition) is 1. The molecule has 1 fully saturated rings. The Labute approximate surface area is 166 Å². The summed E-state index contributed by atoms with van der Waals surface area (Å²) in [6, 6.07) is 4.25. The number of aryl methyl sites for hydroxylation is 1. The van der Waals surface area contributed by atoms with Gasteiger partial charge in [0.25, 0.3) is 0 Å². The van der Waals surface area contributed by atoms with Crippen LogP contribution in [0.4, 0.5) is 5.82 Å². The summed E-state index contributed by atoms with van der Waals surface area (Å²) in [5, 5.41) is 3.67. The van der Waals surface area contributed by atoms with Gasteiger partial charge < -0.3 is 10.2 Å². The zero-order valence-electron chi connectivity index (χ0n) is 16.3. The summed E-state index contributed by atoms with van der Waals surface area (Å²) in [6.45, 7) is 2.45. The van der Waals surface area contributed by atoms with Crippen LogP contribution in [0, 0.1) is 0 Å². The summed E-state index contributed by atoms with van der Waals surface area (Å²) in [5.41, 5.74) is 3.41. The molecule has 2 aromatic heterocycles. The maximum Gasteiger partial charge on any atom is 0.161 e. The summed E-state index contributed by atoms with van der Waals surface area (Å²) in [4.78, 5) is 16.0. The molecular weight excluding hydrogens is 374 g/mol. The highest BCUT2D eigenvalue weighted by Gasteiger charge is 2.24. The lowest BCUT2D eigenvalue weighted by atomic mass is 10.0. The highest BCUT2D eigenvalue weighted by molar-refractivity contribution is 7.90. The zero-order valence-corrected chi connectivity index (χ0v) is 17.1. The summed E-state index contributed by atoms with van der Waals surface area (Å²) in [6.07, 6.45) is 9.99. The molecule has 1 saturated heterocycles. The average Bonchev–Trinajstić information content (AvgIpc) is 3.16. The summed E-state index contributed by atoms with van der Waals surface area (Å²) >= 11 is 0. The standard InChI is InChI=1S/C20H27N5O2S/c1-28(26,27)14-13-25-11-7-16(8-12-25)22-20-17-3-2-4-18(17)23-19(24-20)15-5-9-21-10-6-15/h5-6,9-10,16H,2-4,7-8,11-14H2,1H3,(H,22,23,24). The number of pyridine rings is 1. The largest absolute Gasteiger partial charge is 0.367 e. The molecule has 8 heteroatoms. The molecule has 0 atom stereocenters. The van der Waals surface area contributed by atoms with Crippen molar-refractivity contribution in [3.05, 3.63) is 35.8 Å². The Hall–Kier alpha value is -2.06. The first kappa shape index (κ1) is 19.3. The van der Waals surface area contributed by atoms with Crippen molar-refractivity contribution in [2.45, 2.75) is 38.1 Å². The van der Waals surface area contributed by atoms with E-state index in [0.29, 0.717) is 12.6 Å². The van der Waals surface area contributed by atoms with Crippen molar-refractivity contribution in [3.8, 4) is 11.4 Å². The number of nitrogens with one attached hydrogen (secondary N) is 1. The van der Waals surface area contributed by atoms with E-state index in [9.17, 15) is 8.42 Å². The van der Waals surface area contributed by atoms with Crippen molar-refractivity contribution in [3.63, 3.8) is 0 Å². The van der Waals surface area contributed by atoms with Gasteiger partial charge in [-0.2, -0.15) is 0 Å². The number of rotatable bonds is 6. The monoisotopic (exact) mass is 401 g/mol. The van der Waals surface area contributed by atoms with Gasteiger partial charge in [0.05, 0.1) is 5.75 Å². The number of likely N-dealkylation sites (tertiary alicyclic amines) is 1. The molecule has 1 aliphatic heterocycles. The van der Waals surface area contributed by atoms with Gasteiger partial charge in [0, 0.05) is 61.1 Å². The Bertz CT molecular complexity index is 925. The van der Waals surface area contributed by atoms with Gasteiger partial charge in [-0.05, 0) is 44.2 Å². The molecule has 0 unspecified atom stereocenters. The highest BCUT2D eigenvalue weighted by Crippen LogP contribution is 2.30. The number of piperidine rings is 1. The molecule has 2 aromatic rings. The van der Waals surface area contributed by atoms with Crippen LogP contribution in [0.3, 0.4) is 0 Å². The highest BCUT2D eigenvalue weighted by atomic mass is 32.2. The quantitative estimate of drug-likeness (QED) is 0.791. The number of sulfone groups is 1. The number of aromatic nitrogens is 3. The molecule has 0 saturated carbocycles. The SMILES string of the molecule is CS(=O)(=O)CCN1CCC(Nc2nc(-c3ccncc3)nc3c2CCC3)CC1. The molecule has 150 valence electrons. The Morgan fingerprint density at radius 3 is 2.61 bits per heavy atom. The molecule has 28 heavy (non-hydrogen) atoms. The minimum absolute atomic E-state index is 0.236. The third kappa shape index (κ3) is 4.67. The van der Waals surface area contributed by atoms with E-state index in [2.05, 4.69) is 15.2 Å². The van der Waals surface area contributed by atoms with Crippen molar-refractivity contribution in [2.75, 3.05) is 37.0 Å². The molecule has 2 aliphatic rings. The average molecular weight is 402 g/mol. The summed E-state index contributed by atoms with van der Waals surface area (Å²) in [7, 11) is -2.90. The second-order valence-electron chi connectivity index (χ2n) is 7.80. The van der Waals surface area contributed by atoms with Gasteiger partial charge in [0.1, 0.15) is 15.7 Å². The van der Waals surface area contributed by atoms with Gasteiger partial charge in [-0.3, -0.25) is 4.98 Å². The van der Waals surface area contributed by atoms with E-state index in [4.69, 9.17) is 9.97 Å². The van der Waals surface area contributed by atoms with Crippen LogP contribution in [0.2, 0.25) is 0 Å². The van der Waals surface area contributed by atoms with Gasteiger partial charge in [-0.15, -0.1) is 0 Å². The zero-order chi connectivity index (χ0) is 19.6. The van der Waals surface area contributed by atoms with Crippen molar-refractivity contribution in [1.29, 1.82) is 0 Å². The van der Waals surface area contributed by atoms with Crippen molar-refractivity contribution >= 4 is 15.7 Å². The first-order valence-electron chi connectivity index (χ1n) is 9.95. The summed E-state index contributed by atoms with van der Waals surface area (Å²) in [5.74, 6) is 1.97. The van der Waals surface area contributed by atoms with Crippen LogP contribution in [0.25, 0.3) is 11.4 Å². The lowest BCUT2D eigenvalue weighted by Gasteiger charge is -2.32. The van der Waals surface area contributed by atoms with Crippen LogP contribution in [0.15, 0.2) is 24.5 Å². The Morgan fingerprint density at radius 2 is 1.89 bits per heavy atom. The molecule has 7 nitrogen and oxygen atoms in total. The molecule has 0 bridgehead atoms. The third-order valence-electron chi connectivity index (χ3n) is 5.58. The van der Waals surface area contributed by atoms with Gasteiger partial charge in [-0.25, -0.2) is 18.4 Å². The molecule has 1 N–H and O–H groups in total. The second-order valence-corrected chi connectivity index (χ2v) is 10.1. The van der Waals surface area contributed by atoms with Crippen LogP contribution < -0.4 is 5.32 Å². The first-order chi connectivity index (χ1) is 13.5. The molecule has 3 heterocycles. The predicted octanol–water partition coefficient (Wildman–Crippen LogP) is 1.95. The number of nitrogens with zero attached hydrogens (tertiary/aromatic N) is 4. The van der Waals surface area contributed by atoms with E-state index in [1.165, 1.54) is 11.8 Å². The smallest absolute Gasteiger partial charge is 0.161 e. The number of hydrogen-bond acceptors (Lipinski definition) is 7. The lowest BCUT2D eigenvalue weighted by Crippen LogP contribution is -2.41. The normalized spacial score (nSPS) is 18.2. The Balaban J connectivity index is 1.45. The fourth-order valence-electron chi connectivity index (χ4n) is 3.97. The van der Waals surface area contributed by atoms with Crippen molar-refractivity contribution in [1.82, 2.24) is 19.9 Å². The van der Waals surface area contributed by atoms with Crippen molar-refractivity contribution in [2.24, 2.45) is 0 Å². The Kier molecular flexibility index (Phi) is 5.59. The van der Waals surface area contributed by atoms with Gasteiger partial charge in [0.15, 0.2) is 5.82 Å². The minimum Gasteiger partial charge on any atom is -0.367 e. The van der Waals surface area contributed by atoms with E-state index in [1.54, 1.807) is 12.4 Å². The van der Waals surface area contributed by atoms with Crippen LogP contribution in [0.1, 0.15) is 30.5 Å². The molecule has 1 aliphatic carbocycles. The van der Waals surface area contributed by atoms with Crippen LogP contribution in [0.5, 0.6) is 0 Å². The van der Waals surface area contributed by atoms with E-state index >= 15 is 0 Å². The lowest BCUT2D eigenvalue weighted by molar-refractivity contribution is 0.230. The second kappa shape index (κ2) is 8.13. The van der Waals surface area contributed by atoms with Crippen LogP contribution in [-0.2, 0) is 22.7 Å². The maximum atomic E-state index is 11.4. The summed E-state index contributed by atoms with van der Waals surface area (Å²) < 4.78 is 22.8.